The second-order valence-corrected chi connectivity index (χ2v) is 20.0. The van der Waals surface area contributed by atoms with Crippen LogP contribution in [-0.2, 0) is 5.41 Å². The minimum atomic E-state index is -0.809. The molecule has 0 amide bonds. The summed E-state index contributed by atoms with van der Waals surface area (Å²) in [6.07, 6.45) is 0. The van der Waals surface area contributed by atoms with Gasteiger partial charge in [0.2, 0.25) is 0 Å². The summed E-state index contributed by atoms with van der Waals surface area (Å²) in [4.78, 5) is 4.92. The van der Waals surface area contributed by atoms with Crippen molar-refractivity contribution in [2.45, 2.75) is 19.3 Å². The van der Waals surface area contributed by atoms with Gasteiger partial charge in [0, 0.05) is 43.7 Å². The molecule has 0 spiro atoms. The zero-order chi connectivity index (χ0) is 49.8. The monoisotopic (exact) mass is 960 g/mol. The van der Waals surface area contributed by atoms with Gasteiger partial charge in [-0.05, 0) is 118 Å². The SMILES string of the molecule is Cc1ccccc1N(c1cc2c(c3ccccc13)-c1c(cc(N(c3ccccc3C)c3cccc4c3oc3ccccc34)c3ccccc13)C2(c1ccccc1)c1ccccc1)c1cccc2c1oc1ccccc12. The summed E-state index contributed by atoms with van der Waals surface area (Å²) in [5.41, 5.74) is 18.4. The van der Waals surface area contributed by atoms with E-state index in [2.05, 4.69) is 278 Å². The first kappa shape index (κ1) is 43.0. The molecule has 4 heteroatoms. The number of fused-ring (bicyclic) bond motifs is 13. The molecule has 0 saturated heterocycles. The molecule has 0 aliphatic heterocycles. The maximum absolute atomic E-state index is 6.94. The lowest BCUT2D eigenvalue weighted by molar-refractivity contribution is 0.668. The van der Waals surface area contributed by atoms with Gasteiger partial charge in [0.05, 0.1) is 28.2 Å². The predicted octanol–water partition coefficient (Wildman–Crippen LogP) is 19.7. The van der Waals surface area contributed by atoms with Gasteiger partial charge in [0.25, 0.3) is 0 Å². The molecule has 354 valence electrons. The van der Waals surface area contributed by atoms with E-state index in [9.17, 15) is 0 Å². The minimum Gasteiger partial charge on any atom is -0.454 e. The van der Waals surface area contributed by atoms with Crippen LogP contribution < -0.4 is 9.80 Å². The fourth-order valence-electron chi connectivity index (χ4n) is 12.7. The molecule has 1 aliphatic rings. The van der Waals surface area contributed by atoms with Crippen molar-refractivity contribution in [1.82, 2.24) is 0 Å². The van der Waals surface area contributed by atoms with E-state index < -0.39 is 5.41 Å². The maximum atomic E-state index is 6.94. The number of hydrogen-bond donors (Lipinski definition) is 0. The number of benzene rings is 12. The van der Waals surface area contributed by atoms with E-state index in [-0.39, 0.29) is 0 Å². The van der Waals surface area contributed by atoms with Crippen molar-refractivity contribution in [3.63, 3.8) is 0 Å². The Morgan fingerprint density at radius 3 is 1.04 bits per heavy atom. The Balaban J connectivity index is 1.11. The third-order valence-corrected chi connectivity index (χ3v) is 16.0. The summed E-state index contributed by atoms with van der Waals surface area (Å²) < 4.78 is 13.9. The predicted molar refractivity (Wildman–Crippen MR) is 312 cm³/mol. The van der Waals surface area contributed by atoms with Crippen molar-refractivity contribution in [3.8, 4) is 11.1 Å². The molecule has 0 saturated carbocycles. The van der Waals surface area contributed by atoms with Gasteiger partial charge in [-0.3, -0.25) is 0 Å². The van der Waals surface area contributed by atoms with E-state index in [0.29, 0.717) is 0 Å². The number of hydrogen-bond acceptors (Lipinski definition) is 4. The van der Waals surface area contributed by atoms with Crippen LogP contribution >= 0.6 is 0 Å². The quantitative estimate of drug-likeness (QED) is 0.152. The summed E-state index contributed by atoms with van der Waals surface area (Å²) in [5, 5.41) is 8.99. The van der Waals surface area contributed by atoms with Crippen LogP contribution in [0.25, 0.3) is 76.5 Å². The first-order valence-electron chi connectivity index (χ1n) is 25.8. The molecule has 0 N–H and O–H groups in total. The number of anilines is 6. The lowest BCUT2D eigenvalue weighted by Gasteiger charge is -2.36. The lowest BCUT2D eigenvalue weighted by atomic mass is 9.67. The van der Waals surface area contributed by atoms with Crippen LogP contribution in [0.2, 0.25) is 0 Å². The van der Waals surface area contributed by atoms with Gasteiger partial charge in [0.15, 0.2) is 11.2 Å². The van der Waals surface area contributed by atoms with Crippen LogP contribution in [0.15, 0.2) is 264 Å². The molecular weight excluding hydrogens is 913 g/mol. The molecule has 14 aromatic rings. The second-order valence-electron chi connectivity index (χ2n) is 20.0. The van der Waals surface area contributed by atoms with Crippen molar-refractivity contribution in [3.05, 3.63) is 288 Å². The Morgan fingerprint density at radius 2 is 0.613 bits per heavy atom. The number of aryl methyl sites for hydroxylation is 2. The highest BCUT2D eigenvalue weighted by Gasteiger charge is 2.49. The highest BCUT2D eigenvalue weighted by atomic mass is 16.3. The molecule has 0 fully saturated rings. The molecule has 0 bridgehead atoms. The third-order valence-electron chi connectivity index (χ3n) is 16.0. The third kappa shape index (κ3) is 6.23. The van der Waals surface area contributed by atoms with Crippen LogP contribution in [0.1, 0.15) is 33.4 Å². The zero-order valence-electron chi connectivity index (χ0n) is 41.5. The normalized spacial score (nSPS) is 12.8. The van der Waals surface area contributed by atoms with Gasteiger partial charge in [-0.1, -0.05) is 206 Å². The fourth-order valence-corrected chi connectivity index (χ4v) is 12.7. The molecule has 4 nitrogen and oxygen atoms in total. The smallest absolute Gasteiger partial charge is 0.159 e. The Kier molecular flexibility index (Phi) is 9.58. The van der Waals surface area contributed by atoms with Gasteiger partial charge >= 0.3 is 0 Å². The van der Waals surface area contributed by atoms with Gasteiger partial charge in [0.1, 0.15) is 11.2 Å². The summed E-state index contributed by atoms with van der Waals surface area (Å²) >= 11 is 0. The Bertz CT molecular complexity index is 4290. The molecular formula is C71H48N2O2. The zero-order valence-corrected chi connectivity index (χ0v) is 41.5. The molecule has 15 rings (SSSR count). The summed E-state index contributed by atoms with van der Waals surface area (Å²) in [6.45, 7) is 4.43. The van der Waals surface area contributed by atoms with E-state index in [1.165, 1.54) is 44.2 Å². The average molecular weight is 961 g/mol. The van der Waals surface area contributed by atoms with Crippen LogP contribution in [0.4, 0.5) is 34.1 Å². The highest BCUT2D eigenvalue weighted by Crippen LogP contribution is 2.63. The molecule has 0 unspecified atom stereocenters. The number of para-hydroxylation sites is 6. The highest BCUT2D eigenvalue weighted by molar-refractivity contribution is 6.20. The fraction of sp³-hybridized carbons (Fsp3) is 0.0423. The summed E-state index contributed by atoms with van der Waals surface area (Å²) in [7, 11) is 0. The molecule has 0 radical (unpaired) electrons. The number of furan rings is 2. The van der Waals surface area contributed by atoms with Gasteiger partial charge in [-0.15, -0.1) is 0 Å². The van der Waals surface area contributed by atoms with E-state index >= 15 is 0 Å². The molecule has 2 heterocycles. The summed E-state index contributed by atoms with van der Waals surface area (Å²) in [6, 6.07) is 92.9. The van der Waals surface area contributed by atoms with Crippen molar-refractivity contribution in [2.24, 2.45) is 0 Å². The minimum absolute atomic E-state index is 0.809. The van der Waals surface area contributed by atoms with Crippen LogP contribution in [0, 0.1) is 13.8 Å². The van der Waals surface area contributed by atoms with Crippen molar-refractivity contribution < 1.29 is 8.83 Å². The van der Waals surface area contributed by atoms with Gasteiger partial charge in [-0.25, -0.2) is 0 Å². The van der Waals surface area contributed by atoms with Gasteiger partial charge in [-0.2, -0.15) is 0 Å². The van der Waals surface area contributed by atoms with E-state index in [4.69, 9.17) is 8.83 Å². The Morgan fingerprint density at radius 1 is 0.280 bits per heavy atom. The topological polar surface area (TPSA) is 32.8 Å². The number of rotatable bonds is 8. The molecule has 2 aromatic heterocycles. The maximum Gasteiger partial charge on any atom is 0.159 e. The first-order valence-corrected chi connectivity index (χ1v) is 25.8. The number of nitrogens with zero attached hydrogens (tertiary/aromatic N) is 2. The van der Waals surface area contributed by atoms with Crippen molar-refractivity contribution in [1.29, 1.82) is 0 Å². The Hall–Kier alpha value is -9.64. The summed E-state index contributed by atoms with van der Waals surface area (Å²) in [5.74, 6) is 0. The first-order chi connectivity index (χ1) is 37.1. The van der Waals surface area contributed by atoms with E-state index in [1.54, 1.807) is 0 Å². The Labute approximate surface area is 434 Å². The molecule has 1 aliphatic carbocycles. The lowest BCUT2D eigenvalue weighted by Crippen LogP contribution is -2.29. The second kappa shape index (κ2) is 16.7. The van der Waals surface area contributed by atoms with E-state index in [0.717, 1.165) is 99.9 Å². The van der Waals surface area contributed by atoms with Crippen LogP contribution in [-0.4, -0.2) is 0 Å². The molecule has 0 atom stereocenters. The van der Waals surface area contributed by atoms with Gasteiger partial charge < -0.3 is 18.6 Å². The average Bonchev–Trinajstić information content (AvgIpc) is 4.23. The van der Waals surface area contributed by atoms with Crippen LogP contribution in [0.5, 0.6) is 0 Å². The van der Waals surface area contributed by atoms with Crippen molar-refractivity contribution in [2.75, 3.05) is 9.80 Å². The largest absolute Gasteiger partial charge is 0.454 e. The van der Waals surface area contributed by atoms with Crippen molar-refractivity contribution >= 4 is 99.5 Å². The van der Waals surface area contributed by atoms with E-state index in [1.807, 2.05) is 0 Å². The molecule has 12 aromatic carbocycles. The molecule has 75 heavy (non-hydrogen) atoms. The standard InChI is InChI=1S/C71H48N2O2/c1-45-23-9-17-37-59(45)72(61-39-21-35-55-51-31-15-19-41-65(51)74-69(55)61)63-43-57-67(53-33-13-11-29-49(53)63)68-54-34-14-12-30-50(54)64(44-58(68)71(57,47-25-5-3-6-26-47)48-27-7-4-8-28-48)73(60-38-18-10-24-46(60)2)62-40-22-36-56-52-32-16-20-42-66(52)75-70(56)62/h3-44H,1-2H3. The van der Waals surface area contributed by atoms with Crippen LogP contribution in [0.3, 0.4) is 0 Å².